The van der Waals surface area contributed by atoms with Crippen LogP contribution >= 0.6 is 11.3 Å². The van der Waals surface area contributed by atoms with Crippen molar-refractivity contribution in [1.29, 1.82) is 0 Å². The van der Waals surface area contributed by atoms with Gasteiger partial charge in [-0.3, -0.25) is 9.59 Å². The van der Waals surface area contributed by atoms with Gasteiger partial charge in [0.2, 0.25) is 0 Å². The first kappa shape index (κ1) is 17.1. The summed E-state index contributed by atoms with van der Waals surface area (Å²) in [6.07, 6.45) is 2.85. The van der Waals surface area contributed by atoms with Gasteiger partial charge in [0.05, 0.1) is 30.9 Å². The van der Waals surface area contributed by atoms with Crippen LogP contribution in [0.4, 0.5) is 4.39 Å². The van der Waals surface area contributed by atoms with Gasteiger partial charge in [-0.15, -0.1) is 5.10 Å². The summed E-state index contributed by atoms with van der Waals surface area (Å²) in [6.45, 7) is 1.92. The van der Waals surface area contributed by atoms with E-state index in [1.54, 1.807) is 32.1 Å². The Morgan fingerprint density at radius 3 is 2.81 bits per heavy atom. The first-order chi connectivity index (χ1) is 12.6. The molecule has 2 aliphatic rings. The van der Waals surface area contributed by atoms with Crippen LogP contribution in [0.5, 0.6) is 0 Å². The van der Waals surface area contributed by atoms with E-state index in [0.29, 0.717) is 17.8 Å². The van der Waals surface area contributed by atoms with Gasteiger partial charge < -0.3 is 9.80 Å². The SMILES string of the molecule is O=C(c1cn(C[C@@H]2C[C@H](F)CN2C(=O)c2ccsc2)nn1)N1CCCC1. The van der Waals surface area contributed by atoms with Crippen LogP contribution in [0, 0.1) is 0 Å². The zero-order chi connectivity index (χ0) is 18.1. The first-order valence-electron chi connectivity index (χ1n) is 8.78. The number of carbonyl (C=O) groups is 2. The summed E-state index contributed by atoms with van der Waals surface area (Å²) in [4.78, 5) is 28.3. The topological polar surface area (TPSA) is 71.3 Å². The molecule has 2 saturated heterocycles. The molecule has 0 aliphatic carbocycles. The van der Waals surface area contributed by atoms with E-state index in [2.05, 4.69) is 10.3 Å². The van der Waals surface area contributed by atoms with Crippen LogP contribution in [0.3, 0.4) is 0 Å². The molecule has 0 bridgehead atoms. The first-order valence-corrected chi connectivity index (χ1v) is 9.73. The molecule has 2 aromatic heterocycles. The number of likely N-dealkylation sites (tertiary alicyclic amines) is 2. The summed E-state index contributed by atoms with van der Waals surface area (Å²) in [5.74, 6) is -0.278. The Morgan fingerprint density at radius 1 is 1.27 bits per heavy atom. The highest BCUT2D eigenvalue weighted by molar-refractivity contribution is 7.08. The van der Waals surface area contributed by atoms with Gasteiger partial charge in [0.1, 0.15) is 6.17 Å². The van der Waals surface area contributed by atoms with Crippen LogP contribution in [-0.2, 0) is 6.54 Å². The zero-order valence-electron chi connectivity index (χ0n) is 14.3. The molecule has 2 aliphatic heterocycles. The Bertz CT molecular complexity index is 787. The lowest BCUT2D eigenvalue weighted by Crippen LogP contribution is -2.38. The Balaban J connectivity index is 1.45. The number of nitrogens with zero attached hydrogens (tertiary/aromatic N) is 5. The largest absolute Gasteiger partial charge is 0.337 e. The van der Waals surface area contributed by atoms with Gasteiger partial charge in [0.25, 0.3) is 11.8 Å². The highest BCUT2D eigenvalue weighted by Gasteiger charge is 2.36. The molecule has 0 radical (unpaired) electrons. The van der Waals surface area contributed by atoms with Crippen molar-refractivity contribution in [3.8, 4) is 0 Å². The van der Waals surface area contributed by atoms with Crippen molar-refractivity contribution in [3.05, 3.63) is 34.3 Å². The van der Waals surface area contributed by atoms with E-state index in [4.69, 9.17) is 0 Å². The van der Waals surface area contributed by atoms with E-state index in [9.17, 15) is 14.0 Å². The minimum Gasteiger partial charge on any atom is -0.337 e. The lowest BCUT2D eigenvalue weighted by molar-refractivity contribution is 0.0714. The molecular weight excluding hydrogens is 357 g/mol. The molecule has 0 N–H and O–H groups in total. The monoisotopic (exact) mass is 377 g/mol. The average Bonchev–Trinajstić information content (AvgIpc) is 3.41. The lowest BCUT2D eigenvalue weighted by atomic mass is 10.2. The van der Waals surface area contributed by atoms with E-state index in [-0.39, 0.29) is 30.8 Å². The molecule has 2 aromatic rings. The second-order valence-corrected chi connectivity index (χ2v) is 7.56. The molecule has 7 nitrogen and oxygen atoms in total. The minimum atomic E-state index is -1.04. The molecule has 0 spiro atoms. The summed E-state index contributed by atoms with van der Waals surface area (Å²) >= 11 is 1.44. The third-order valence-corrected chi connectivity index (χ3v) is 5.62. The fourth-order valence-corrected chi connectivity index (χ4v) is 4.25. The van der Waals surface area contributed by atoms with E-state index < -0.39 is 6.17 Å². The third kappa shape index (κ3) is 3.35. The molecular formula is C17H20FN5O2S. The number of rotatable bonds is 4. The summed E-state index contributed by atoms with van der Waals surface area (Å²) in [7, 11) is 0. The van der Waals surface area contributed by atoms with Crippen molar-refractivity contribution in [2.45, 2.75) is 38.0 Å². The third-order valence-electron chi connectivity index (χ3n) is 4.94. The fourth-order valence-electron chi connectivity index (χ4n) is 3.62. The van der Waals surface area contributed by atoms with Gasteiger partial charge in [0, 0.05) is 24.9 Å². The number of alkyl halides is 1. The highest BCUT2D eigenvalue weighted by atomic mass is 32.1. The predicted molar refractivity (Wildman–Crippen MR) is 93.8 cm³/mol. The number of thiophene rings is 1. The summed E-state index contributed by atoms with van der Waals surface area (Å²) in [5, 5.41) is 11.6. The van der Waals surface area contributed by atoms with E-state index in [0.717, 1.165) is 25.9 Å². The maximum Gasteiger partial charge on any atom is 0.276 e. The molecule has 4 rings (SSSR count). The van der Waals surface area contributed by atoms with Crippen molar-refractivity contribution in [2.24, 2.45) is 0 Å². The van der Waals surface area contributed by atoms with E-state index >= 15 is 0 Å². The van der Waals surface area contributed by atoms with Crippen LogP contribution in [0.15, 0.2) is 23.0 Å². The fraction of sp³-hybridized carbons (Fsp3) is 0.529. The minimum absolute atomic E-state index is 0.0909. The zero-order valence-corrected chi connectivity index (χ0v) is 15.1. The molecule has 2 amide bonds. The maximum absolute atomic E-state index is 14.0. The maximum atomic E-state index is 14.0. The van der Waals surface area contributed by atoms with Gasteiger partial charge in [0.15, 0.2) is 5.69 Å². The Morgan fingerprint density at radius 2 is 2.08 bits per heavy atom. The molecule has 0 unspecified atom stereocenters. The smallest absolute Gasteiger partial charge is 0.276 e. The molecule has 9 heteroatoms. The second-order valence-electron chi connectivity index (χ2n) is 6.78. The average molecular weight is 377 g/mol. The molecule has 26 heavy (non-hydrogen) atoms. The second kappa shape index (κ2) is 7.14. The molecule has 0 saturated carbocycles. The van der Waals surface area contributed by atoms with E-state index in [1.807, 2.05) is 5.38 Å². The standard InChI is InChI=1S/C17H20FN5O2S/c18-13-7-14(23(8-13)16(24)12-3-6-26-11-12)9-22-10-15(19-20-22)17(25)21-4-1-2-5-21/h3,6,10-11,13-14H,1-2,4-5,7-9H2/t13-,14-/m0/s1. The molecule has 2 fully saturated rings. The van der Waals surface area contributed by atoms with Crippen molar-refractivity contribution in [1.82, 2.24) is 24.8 Å². The lowest BCUT2D eigenvalue weighted by Gasteiger charge is -2.23. The predicted octanol–water partition coefficient (Wildman–Crippen LogP) is 1.83. The Labute approximate surface area is 154 Å². The Kier molecular flexibility index (Phi) is 4.71. The van der Waals surface area contributed by atoms with Crippen molar-refractivity contribution < 1.29 is 14.0 Å². The van der Waals surface area contributed by atoms with Gasteiger partial charge in [-0.1, -0.05) is 5.21 Å². The molecule has 0 aromatic carbocycles. The number of amides is 2. The van der Waals surface area contributed by atoms with Crippen LogP contribution in [0.25, 0.3) is 0 Å². The van der Waals surface area contributed by atoms with Gasteiger partial charge in [-0.25, -0.2) is 9.07 Å². The Hall–Kier alpha value is -2.29. The number of aromatic nitrogens is 3. The van der Waals surface area contributed by atoms with Crippen LogP contribution in [-0.4, -0.2) is 68.5 Å². The summed E-state index contributed by atoms with van der Waals surface area (Å²) < 4.78 is 15.5. The normalized spacial score (nSPS) is 23.0. The molecule has 138 valence electrons. The van der Waals surface area contributed by atoms with Gasteiger partial charge in [-0.05, 0) is 24.3 Å². The highest BCUT2D eigenvalue weighted by Crippen LogP contribution is 2.24. The van der Waals surface area contributed by atoms with E-state index in [1.165, 1.54) is 11.3 Å². The van der Waals surface area contributed by atoms with Gasteiger partial charge in [-0.2, -0.15) is 11.3 Å². The summed E-state index contributed by atoms with van der Waals surface area (Å²) in [6, 6.07) is 1.45. The van der Waals surface area contributed by atoms with Crippen molar-refractivity contribution in [3.63, 3.8) is 0 Å². The quantitative estimate of drug-likeness (QED) is 0.815. The number of halogens is 1. The van der Waals surface area contributed by atoms with Gasteiger partial charge >= 0.3 is 0 Å². The molecule has 4 heterocycles. The number of hydrogen-bond donors (Lipinski definition) is 0. The van der Waals surface area contributed by atoms with Crippen molar-refractivity contribution >= 4 is 23.2 Å². The summed E-state index contributed by atoms with van der Waals surface area (Å²) in [5.41, 5.74) is 0.884. The van der Waals surface area contributed by atoms with Crippen LogP contribution in [0.1, 0.15) is 40.1 Å². The van der Waals surface area contributed by atoms with Crippen LogP contribution < -0.4 is 0 Å². The number of hydrogen-bond acceptors (Lipinski definition) is 5. The molecule has 2 atom stereocenters. The van der Waals surface area contributed by atoms with Crippen LogP contribution in [0.2, 0.25) is 0 Å². The van der Waals surface area contributed by atoms with Crippen molar-refractivity contribution in [2.75, 3.05) is 19.6 Å². The number of carbonyl (C=O) groups excluding carboxylic acids is 2.